The quantitative estimate of drug-likeness (QED) is 0.805. The summed E-state index contributed by atoms with van der Waals surface area (Å²) in [6.07, 6.45) is 0.173. The van der Waals surface area contributed by atoms with Crippen LogP contribution in [0.3, 0.4) is 0 Å². The van der Waals surface area contributed by atoms with Crippen molar-refractivity contribution in [1.29, 1.82) is 0 Å². The minimum atomic E-state index is -0.492. The number of benzene rings is 2. The molecule has 1 aliphatic heterocycles. The molecule has 0 bridgehead atoms. The van der Waals surface area contributed by atoms with Crippen molar-refractivity contribution in [1.82, 2.24) is 0 Å². The van der Waals surface area contributed by atoms with Crippen LogP contribution in [0.1, 0.15) is 27.1 Å². The molecule has 1 heterocycles. The SMILES string of the molecule is O=C1CCN(C(=O)c2ccccc2Cl)c2ccc(F)cc21. The van der Waals surface area contributed by atoms with Crippen LogP contribution in [-0.2, 0) is 0 Å². The van der Waals surface area contributed by atoms with Gasteiger partial charge in [-0.15, -0.1) is 0 Å². The van der Waals surface area contributed by atoms with Crippen LogP contribution in [0.25, 0.3) is 0 Å². The third kappa shape index (κ3) is 2.43. The maximum atomic E-state index is 13.3. The molecule has 0 radical (unpaired) electrons. The summed E-state index contributed by atoms with van der Waals surface area (Å²) in [4.78, 5) is 26.0. The zero-order chi connectivity index (χ0) is 15.0. The van der Waals surface area contributed by atoms with Gasteiger partial charge in [-0.2, -0.15) is 0 Å². The lowest BCUT2D eigenvalue weighted by atomic mass is 9.99. The fourth-order valence-electron chi connectivity index (χ4n) is 2.43. The van der Waals surface area contributed by atoms with Gasteiger partial charge in [-0.1, -0.05) is 23.7 Å². The van der Waals surface area contributed by atoms with Crippen LogP contribution in [0.15, 0.2) is 42.5 Å². The molecule has 1 aliphatic rings. The van der Waals surface area contributed by atoms with Gasteiger partial charge < -0.3 is 4.90 Å². The predicted octanol–water partition coefficient (Wildman–Crippen LogP) is 3.71. The van der Waals surface area contributed by atoms with Gasteiger partial charge in [0.15, 0.2) is 5.78 Å². The van der Waals surface area contributed by atoms with Crippen LogP contribution in [0.2, 0.25) is 5.02 Å². The third-order valence-electron chi connectivity index (χ3n) is 3.46. The second-order valence-corrected chi connectivity index (χ2v) is 5.18. The third-order valence-corrected chi connectivity index (χ3v) is 3.79. The number of ketones is 1. The molecule has 0 spiro atoms. The fraction of sp³-hybridized carbons (Fsp3) is 0.125. The Kier molecular flexibility index (Phi) is 3.47. The molecule has 3 nitrogen and oxygen atoms in total. The van der Waals surface area contributed by atoms with Crippen molar-refractivity contribution in [3.8, 4) is 0 Å². The van der Waals surface area contributed by atoms with Crippen molar-refractivity contribution in [2.45, 2.75) is 6.42 Å². The van der Waals surface area contributed by atoms with Crippen molar-refractivity contribution >= 4 is 29.0 Å². The Balaban J connectivity index is 2.06. The van der Waals surface area contributed by atoms with Crippen molar-refractivity contribution < 1.29 is 14.0 Å². The number of hydrogen-bond acceptors (Lipinski definition) is 2. The zero-order valence-electron chi connectivity index (χ0n) is 11.0. The lowest BCUT2D eigenvalue weighted by Gasteiger charge is -2.29. The summed E-state index contributed by atoms with van der Waals surface area (Å²) in [7, 11) is 0. The van der Waals surface area contributed by atoms with E-state index in [4.69, 9.17) is 11.6 Å². The largest absolute Gasteiger partial charge is 0.307 e. The van der Waals surface area contributed by atoms with E-state index >= 15 is 0 Å². The van der Waals surface area contributed by atoms with Gasteiger partial charge in [-0.3, -0.25) is 9.59 Å². The number of carbonyl (C=O) groups is 2. The number of Topliss-reactive ketones (excluding diaryl/α,β-unsaturated/α-hetero) is 1. The molecule has 0 saturated heterocycles. The van der Waals surface area contributed by atoms with Crippen LogP contribution >= 0.6 is 11.6 Å². The van der Waals surface area contributed by atoms with E-state index in [9.17, 15) is 14.0 Å². The summed E-state index contributed by atoms with van der Waals surface area (Å²) in [6.45, 7) is 0.265. The Morgan fingerprint density at radius 2 is 1.95 bits per heavy atom. The topological polar surface area (TPSA) is 37.4 Å². The van der Waals surface area contributed by atoms with Crippen molar-refractivity contribution in [3.05, 3.63) is 64.4 Å². The minimum absolute atomic E-state index is 0.160. The number of fused-ring (bicyclic) bond motifs is 1. The van der Waals surface area contributed by atoms with E-state index in [0.29, 0.717) is 16.3 Å². The number of nitrogens with zero attached hydrogens (tertiary/aromatic N) is 1. The highest BCUT2D eigenvalue weighted by molar-refractivity contribution is 6.34. The molecule has 1 amide bonds. The molecule has 21 heavy (non-hydrogen) atoms. The fourth-order valence-corrected chi connectivity index (χ4v) is 2.64. The summed E-state index contributed by atoms with van der Waals surface area (Å²) in [5.74, 6) is -0.942. The molecule has 2 aromatic carbocycles. The highest BCUT2D eigenvalue weighted by Crippen LogP contribution is 2.30. The first-order valence-corrected chi connectivity index (χ1v) is 6.85. The maximum absolute atomic E-state index is 13.3. The average molecular weight is 304 g/mol. The molecular weight excluding hydrogens is 293 g/mol. The molecule has 106 valence electrons. The van der Waals surface area contributed by atoms with Gasteiger partial charge in [0.25, 0.3) is 5.91 Å². The van der Waals surface area contributed by atoms with Gasteiger partial charge in [0.2, 0.25) is 0 Å². The smallest absolute Gasteiger partial charge is 0.259 e. The first-order valence-electron chi connectivity index (χ1n) is 6.47. The molecule has 0 aromatic heterocycles. The van der Waals surface area contributed by atoms with E-state index in [-0.39, 0.29) is 30.2 Å². The van der Waals surface area contributed by atoms with E-state index in [1.807, 2.05) is 0 Å². The first kappa shape index (κ1) is 13.8. The number of carbonyl (C=O) groups excluding carboxylic acids is 2. The average Bonchev–Trinajstić information content (AvgIpc) is 2.48. The lowest BCUT2D eigenvalue weighted by Crippen LogP contribution is -2.37. The summed E-state index contributed by atoms with van der Waals surface area (Å²) >= 11 is 6.04. The molecule has 0 aliphatic carbocycles. The van der Waals surface area contributed by atoms with Crippen LogP contribution in [-0.4, -0.2) is 18.2 Å². The first-order chi connectivity index (χ1) is 10.1. The van der Waals surface area contributed by atoms with E-state index in [1.54, 1.807) is 24.3 Å². The van der Waals surface area contributed by atoms with Gasteiger partial charge in [0, 0.05) is 18.5 Å². The summed E-state index contributed by atoms with van der Waals surface area (Å²) in [5.41, 5.74) is 1.03. The van der Waals surface area contributed by atoms with Gasteiger partial charge in [0.1, 0.15) is 5.82 Å². The molecule has 0 fully saturated rings. The van der Waals surface area contributed by atoms with E-state index in [2.05, 4.69) is 0 Å². The van der Waals surface area contributed by atoms with E-state index < -0.39 is 5.82 Å². The molecule has 0 unspecified atom stereocenters. The normalized spacial score (nSPS) is 14.0. The van der Waals surface area contributed by atoms with Crippen LogP contribution in [0, 0.1) is 5.82 Å². The van der Waals surface area contributed by atoms with Gasteiger partial charge in [-0.25, -0.2) is 4.39 Å². The molecular formula is C16H11ClFNO2. The Morgan fingerprint density at radius 1 is 1.19 bits per heavy atom. The molecule has 0 N–H and O–H groups in total. The summed E-state index contributed by atoms with van der Waals surface area (Å²) < 4.78 is 13.3. The lowest BCUT2D eigenvalue weighted by molar-refractivity contribution is 0.0955. The second-order valence-electron chi connectivity index (χ2n) is 4.77. The predicted molar refractivity (Wildman–Crippen MR) is 78.5 cm³/mol. The Labute approximate surface area is 125 Å². The Hall–Kier alpha value is -2.20. The van der Waals surface area contributed by atoms with E-state index in [0.717, 1.165) is 0 Å². The number of anilines is 1. The summed E-state index contributed by atoms with van der Waals surface area (Å²) in [5, 5.41) is 0.350. The monoisotopic (exact) mass is 303 g/mol. The second kappa shape index (κ2) is 5.30. The van der Waals surface area contributed by atoms with Gasteiger partial charge in [-0.05, 0) is 30.3 Å². The van der Waals surface area contributed by atoms with Crippen molar-refractivity contribution in [3.63, 3.8) is 0 Å². The molecule has 0 atom stereocenters. The van der Waals surface area contributed by atoms with Crippen LogP contribution in [0.5, 0.6) is 0 Å². The Bertz CT molecular complexity index is 745. The number of halogens is 2. The van der Waals surface area contributed by atoms with Crippen LogP contribution < -0.4 is 4.90 Å². The van der Waals surface area contributed by atoms with Crippen molar-refractivity contribution in [2.24, 2.45) is 0 Å². The van der Waals surface area contributed by atoms with Gasteiger partial charge >= 0.3 is 0 Å². The molecule has 2 aromatic rings. The summed E-state index contributed by atoms with van der Waals surface area (Å²) in [6, 6.07) is 10.6. The molecule has 5 heteroatoms. The Morgan fingerprint density at radius 3 is 2.71 bits per heavy atom. The number of hydrogen-bond donors (Lipinski definition) is 0. The van der Waals surface area contributed by atoms with Crippen molar-refractivity contribution in [2.75, 3.05) is 11.4 Å². The molecule has 0 saturated carbocycles. The maximum Gasteiger partial charge on any atom is 0.259 e. The number of rotatable bonds is 1. The van der Waals surface area contributed by atoms with E-state index in [1.165, 1.54) is 23.1 Å². The molecule has 3 rings (SSSR count). The number of amides is 1. The standard InChI is InChI=1S/C16H11ClFNO2/c17-13-4-2-1-3-11(13)16(21)19-8-7-15(20)12-9-10(18)5-6-14(12)19/h1-6,9H,7-8H2. The minimum Gasteiger partial charge on any atom is -0.307 e. The van der Waals surface area contributed by atoms with Crippen LogP contribution in [0.4, 0.5) is 10.1 Å². The highest BCUT2D eigenvalue weighted by Gasteiger charge is 2.29. The highest BCUT2D eigenvalue weighted by atomic mass is 35.5. The zero-order valence-corrected chi connectivity index (χ0v) is 11.7. The van der Waals surface area contributed by atoms with Gasteiger partial charge in [0.05, 0.1) is 16.3 Å².